The number of benzene rings is 3. The van der Waals surface area contributed by atoms with Gasteiger partial charge in [-0.3, -0.25) is 9.59 Å². The topological polar surface area (TPSA) is 78.4 Å². The van der Waals surface area contributed by atoms with E-state index in [-0.39, 0.29) is 23.5 Å². The zero-order valence-corrected chi connectivity index (χ0v) is 16.9. The maximum atomic E-state index is 12.7. The van der Waals surface area contributed by atoms with Crippen LogP contribution in [0.1, 0.15) is 48.0 Å². The van der Waals surface area contributed by atoms with Crippen LogP contribution in [0.15, 0.2) is 60.7 Å². The Balaban J connectivity index is 1.39. The van der Waals surface area contributed by atoms with Gasteiger partial charge in [-0.05, 0) is 42.7 Å². The highest BCUT2D eigenvalue weighted by Crippen LogP contribution is 2.30. The molecule has 0 radical (unpaired) electrons. The molecule has 3 aromatic rings. The highest BCUT2D eigenvalue weighted by molar-refractivity contribution is 6.09. The van der Waals surface area contributed by atoms with Gasteiger partial charge in [0.2, 0.25) is 5.91 Å². The third-order valence-corrected chi connectivity index (χ3v) is 5.81. The first-order chi connectivity index (χ1) is 14.6. The van der Waals surface area contributed by atoms with Crippen molar-refractivity contribution >= 4 is 28.3 Å². The zero-order chi connectivity index (χ0) is 20.9. The quantitative estimate of drug-likeness (QED) is 0.562. The predicted molar refractivity (Wildman–Crippen MR) is 118 cm³/mol. The van der Waals surface area contributed by atoms with Crippen molar-refractivity contribution in [2.45, 2.75) is 38.6 Å². The smallest absolute Gasteiger partial charge is 0.255 e. The van der Waals surface area contributed by atoms with Gasteiger partial charge in [0.05, 0.1) is 0 Å². The van der Waals surface area contributed by atoms with Crippen LogP contribution in [0.25, 0.3) is 10.8 Å². The Morgan fingerprint density at radius 1 is 0.867 bits per heavy atom. The summed E-state index contributed by atoms with van der Waals surface area (Å²) in [5, 5.41) is 17.4. The molecule has 3 N–H and O–H groups in total. The van der Waals surface area contributed by atoms with Crippen LogP contribution in [0.5, 0.6) is 5.75 Å². The van der Waals surface area contributed by atoms with E-state index in [1.54, 1.807) is 30.3 Å². The van der Waals surface area contributed by atoms with E-state index in [1.807, 2.05) is 30.3 Å². The molecule has 0 aliphatic heterocycles. The Morgan fingerprint density at radius 2 is 1.57 bits per heavy atom. The first-order valence-electron chi connectivity index (χ1n) is 10.5. The van der Waals surface area contributed by atoms with Crippen molar-refractivity contribution in [1.82, 2.24) is 5.32 Å². The number of aromatic hydroxyl groups is 1. The van der Waals surface area contributed by atoms with Crippen LogP contribution in [-0.4, -0.2) is 16.9 Å². The van der Waals surface area contributed by atoms with Gasteiger partial charge >= 0.3 is 0 Å². The molecule has 0 atom stereocenters. The Hall–Kier alpha value is -3.34. The van der Waals surface area contributed by atoms with Gasteiger partial charge in [-0.15, -0.1) is 0 Å². The number of carbonyl (C=O) groups excluding carboxylic acids is 2. The summed E-state index contributed by atoms with van der Waals surface area (Å²) < 4.78 is 0. The molecule has 30 heavy (non-hydrogen) atoms. The van der Waals surface area contributed by atoms with Crippen molar-refractivity contribution in [1.29, 1.82) is 0 Å². The number of rotatable bonds is 5. The van der Waals surface area contributed by atoms with Crippen molar-refractivity contribution in [3.8, 4) is 5.75 Å². The summed E-state index contributed by atoms with van der Waals surface area (Å²) in [6.45, 7) is 0.472. The molecule has 1 aliphatic rings. The number of anilines is 1. The molecule has 4 rings (SSSR count). The Labute approximate surface area is 176 Å². The largest absolute Gasteiger partial charge is 0.507 e. The lowest BCUT2D eigenvalue weighted by Gasteiger charge is -2.20. The fourth-order valence-corrected chi connectivity index (χ4v) is 4.07. The number of phenols is 1. The lowest BCUT2D eigenvalue weighted by Crippen LogP contribution is -2.31. The summed E-state index contributed by atoms with van der Waals surface area (Å²) in [7, 11) is 0. The standard InChI is InChI=1S/C25H26N2O3/c28-23-11-5-8-20-21(23)9-4-10-22(20)27-25(30)19-14-12-17(13-15-19)16-26-24(29)18-6-2-1-3-7-18/h4-5,8-15,18,28H,1-3,6-7,16H2,(H,26,29)(H,27,30). The molecule has 154 valence electrons. The van der Waals surface area contributed by atoms with Crippen LogP contribution in [0.4, 0.5) is 5.69 Å². The van der Waals surface area contributed by atoms with Gasteiger partial charge in [0.1, 0.15) is 5.75 Å². The Morgan fingerprint density at radius 3 is 2.33 bits per heavy atom. The molecule has 1 fully saturated rings. The number of hydrogen-bond donors (Lipinski definition) is 3. The van der Waals surface area contributed by atoms with Crippen molar-refractivity contribution in [2.24, 2.45) is 5.92 Å². The van der Waals surface area contributed by atoms with Gasteiger partial charge in [-0.1, -0.05) is 55.7 Å². The van der Waals surface area contributed by atoms with Gasteiger partial charge in [0.15, 0.2) is 0 Å². The molecule has 0 unspecified atom stereocenters. The molecule has 2 amide bonds. The fraction of sp³-hybridized carbons (Fsp3) is 0.280. The number of fused-ring (bicyclic) bond motifs is 1. The molecule has 3 aromatic carbocycles. The van der Waals surface area contributed by atoms with E-state index in [4.69, 9.17) is 0 Å². The molecule has 0 saturated heterocycles. The molecule has 5 nitrogen and oxygen atoms in total. The summed E-state index contributed by atoms with van der Waals surface area (Å²) in [5.41, 5.74) is 2.15. The van der Waals surface area contributed by atoms with Gasteiger partial charge in [0.25, 0.3) is 5.91 Å². The average Bonchev–Trinajstić information content (AvgIpc) is 2.79. The Kier molecular flexibility index (Phi) is 5.98. The molecule has 0 bridgehead atoms. The van der Waals surface area contributed by atoms with Gasteiger partial charge in [-0.25, -0.2) is 0 Å². The normalized spacial score (nSPS) is 14.4. The van der Waals surface area contributed by atoms with Crippen LogP contribution in [0, 0.1) is 5.92 Å². The van der Waals surface area contributed by atoms with Gasteiger partial charge < -0.3 is 15.7 Å². The summed E-state index contributed by atoms with van der Waals surface area (Å²) in [5.74, 6) is 0.242. The number of hydrogen-bond acceptors (Lipinski definition) is 3. The molecular formula is C25H26N2O3. The first kappa shape index (κ1) is 20.0. The number of amides is 2. The van der Waals surface area contributed by atoms with Crippen LogP contribution in [0.2, 0.25) is 0 Å². The number of nitrogens with one attached hydrogen (secondary N) is 2. The fourth-order valence-electron chi connectivity index (χ4n) is 4.07. The minimum Gasteiger partial charge on any atom is -0.507 e. The minimum atomic E-state index is -0.219. The number of phenolic OH excluding ortho intramolecular Hbond substituents is 1. The van der Waals surface area contributed by atoms with Gasteiger partial charge in [-0.2, -0.15) is 0 Å². The summed E-state index contributed by atoms with van der Waals surface area (Å²) in [4.78, 5) is 25.0. The van der Waals surface area contributed by atoms with Crippen LogP contribution < -0.4 is 10.6 Å². The monoisotopic (exact) mass is 402 g/mol. The number of carbonyl (C=O) groups is 2. The van der Waals surface area contributed by atoms with Crippen molar-refractivity contribution in [3.05, 3.63) is 71.8 Å². The molecular weight excluding hydrogens is 376 g/mol. The van der Waals surface area contributed by atoms with Crippen LogP contribution >= 0.6 is 0 Å². The van der Waals surface area contributed by atoms with E-state index >= 15 is 0 Å². The molecule has 0 spiro atoms. The third-order valence-electron chi connectivity index (χ3n) is 5.81. The van der Waals surface area contributed by atoms with Crippen molar-refractivity contribution in [3.63, 3.8) is 0 Å². The highest BCUT2D eigenvalue weighted by atomic mass is 16.3. The Bertz CT molecular complexity index is 1050. The van der Waals surface area contributed by atoms with Crippen molar-refractivity contribution in [2.75, 3.05) is 5.32 Å². The minimum absolute atomic E-state index is 0.135. The van der Waals surface area contributed by atoms with Crippen molar-refractivity contribution < 1.29 is 14.7 Å². The predicted octanol–water partition coefficient (Wildman–Crippen LogP) is 4.99. The molecule has 0 heterocycles. The van der Waals surface area contributed by atoms with E-state index in [9.17, 15) is 14.7 Å². The molecule has 5 heteroatoms. The van der Waals surface area contributed by atoms with Gasteiger partial charge in [0, 0.05) is 34.5 Å². The first-order valence-corrected chi connectivity index (χ1v) is 10.5. The zero-order valence-electron chi connectivity index (χ0n) is 16.9. The maximum Gasteiger partial charge on any atom is 0.255 e. The second-order valence-corrected chi connectivity index (χ2v) is 7.88. The van der Waals surface area contributed by atoms with Crippen LogP contribution in [-0.2, 0) is 11.3 Å². The van der Waals surface area contributed by atoms with E-state index in [2.05, 4.69) is 10.6 Å². The lowest BCUT2D eigenvalue weighted by molar-refractivity contribution is -0.126. The van der Waals surface area contributed by atoms with E-state index in [0.29, 0.717) is 23.2 Å². The molecule has 1 aliphatic carbocycles. The lowest BCUT2D eigenvalue weighted by atomic mass is 9.88. The average molecular weight is 402 g/mol. The second kappa shape index (κ2) is 8.99. The van der Waals surface area contributed by atoms with E-state index in [1.165, 1.54) is 6.42 Å². The van der Waals surface area contributed by atoms with Crippen LogP contribution in [0.3, 0.4) is 0 Å². The van der Waals surface area contributed by atoms with E-state index < -0.39 is 0 Å². The van der Waals surface area contributed by atoms with E-state index in [0.717, 1.165) is 36.6 Å². The molecule has 1 saturated carbocycles. The highest BCUT2D eigenvalue weighted by Gasteiger charge is 2.20. The summed E-state index contributed by atoms with van der Waals surface area (Å²) in [6.07, 6.45) is 5.47. The second-order valence-electron chi connectivity index (χ2n) is 7.88. The summed E-state index contributed by atoms with van der Waals surface area (Å²) >= 11 is 0. The SMILES string of the molecule is O=C(Nc1cccc2c(O)cccc12)c1ccc(CNC(=O)C2CCCCC2)cc1. The molecule has 0 aromatic heterocycles. The summed E-state index contributed by atoms with van der Waals surface area (Å²) in [6, 6.07) is 17.9. The maximum absolute atomic E-state index is 12.7. The third kappa shape index (κ3) is 4.46.